The molecule has 20 heavy (non-hydrogen) atoms. The Labute approximate surface area is 126 Å². The fraction of sp³-hybridized carbons (Fsp3) is 0.429. The highest BCUT2D eigenvalue weighted by molar-refractivity contribution is 9.10. The van der Waals surface area contributed by atoms with Crippen molar-refractivity contribution in [2.24, 2.45) is 0 Å². The monoisotopic (exact) mass is 343 g/mol. The van der Waals surface area contributed by atoms with E-state index in [1.54, 1.807) is 39.0 Å². The van der Waals surface area contributed by atoms with Gasteiger partial charge in [-0.3, -0.25) is 0 Å². The van der Waals surface area contributed by atoms with Crippen molar-refractivity contribution in [3.8, 4) is 5.75 Å². The van der Waals surface area contributed by atoms with Crippen LogP contribution in [-0.4, -0.2) is 25.1 Å². The first-order chi connectivity index (χ1) is 9.28. The van der Waals surface area contributed by atoms with Crippen molar-refractivity contribution in [2.45, 2.75) is 32.4 Å². The van der Waals surface area contributed by atoms with E-state index >= 15 is 0 Å². The summed E-state index contributed by atoms with van der Waals surface area (Å²) < 4.78 is 10.9. The molecule has 0 saturated heterocycles. The standard InChI is InChI=1S/C14H18BrNO4/c1-14(2,3)20-13(18)16-10(8-17)9-6-5-7-11(19-4)12(9)15/h5-8,10H,1-4H3,(H,16,18). The van der Waals surface area contributed by atoms with E-state index in [-0.39, 0.29) is 0 Å². The molecule has 0 bridgehead atoms. The molecule has 0 radical (unpaired) electrons. The highest BCUT2D eigenvalue weighted by Gasteiger charge is 2.22. The molecule has 110 valence electrons. The van der Waals surface area contributed by atoms with Crippen LogP contribution in [0.15, 0.2) is 22.7 Å². The van der Waals surface area contributed by atoms with E-state index in [0.717, 1.165) is 0 Å². The summed E-state index contributed by atoms with van der Waals surface area (Å²) in [6.07, 6.45) is -0.00646. The molecule has 1 aromatic carbocycles. The first-order valence-corrected chi connectivity index (χ1v) is 6.85. The van der Waals surface area contributed by atoms with Crippen LogP contribution in [0.25, 0.3) is 0 Å². The number of nitrogens with one attached hydrogen (secondary N) is 1. The zero-order chi connectivity index (χ0) is 15.3. The van der Waals surface area contributed by atoms with Crippen molar-refractivity contribution in [3.63, 3.8) is 0 Å². The lowest BCUT2D eigenvalue weighted by molar-refractivity contribution is -0.109. The molecule has 1 amide bonds. The molecule has 0 aliphatic carbocycles. The van der Waals surface area contributed by atoms with Crippen molar-refractivity contribution in [1.82, 2.24) is 5.32 Å². The Bertz CT molecular complexity index is 496. The first-order valence-electron chi connectivity index (χ1n) is 6.05. The lowest BCUT2D eigenvalue weighted by Gasteiger charge is -2.22. The van der Waals surface area contributed by atoms with E-state index < -0.39 is 17.7 Å². The molecular weight excluding hydrogens is 326 g/mol. The molecule has 1 atom stereocenters. The number of amides is 1. The van der Waals surface area contributed by atoms with Crippen LogP contribution in [0.3, 0.4) is 0 Å². The topological polar surface area (TPSA) is 64.6 Å². The third kappa shape index (κ3) is 4.52. The summed E-state index contributed by atoms with van der Waals surface area (Å²) in [5.74, 6) is 0.584. The maximum Gasteiger partial charge on any atom is 0.408 e. The quantitative estimate of drug-likeness (QED) is 0.852. The Morgan fingerprint density at radius 2 is 2.05 bits per heavy atom. The molecule has 0 heterocycles. The Morgan fingerprint density at radius 3 is 2.55 bits per heavy atom. The predicted molar refractivity (Wildman–Crippen MR) is 78.9 cm³/mol. The van der Waals surface area contributed by atoms with Gasteiger partial charge in [-0.15, -0.1) is 0 Å². The molecule has 1 rings (SSSR count). The molecule has 0 saturated carbocycles. The largest absolute Gasteiger partial charge is 0.496 e. The maximum absolute atomic E-state index is 11.7. The van der Waals surface area contributed by atoms with Crippen LogP contribution < -0.4 is 10.1 Å². The van der Waals surface area contributed by atoms with E-state index in [1.165, 1.54) is 7.11 Å². The van der Waals surface area contributed by atoms with Crippen molar-refractivity contribution in [2.75, 3.05) is 7.11 Å². The predicted octanol–water partition coefficient (Wildman–Crippen LogP) is 3.22. The lowest BCUT2D eigenvalue weighted by atomic mass is 10.1. The fourth-order valence-corrected chi connectivity index (χ4v) is 2.22. The van der Waals surface area contributed by atoms with E-state index in [9.17, 15) is 9.59 Å². The van der Waals surface area contributed by atoms with Crippen LogP contribution in [0.2, 0.25) is 0 Å². The first kappa shape index (κ1) is 16.5. The highest BCUT2D eigenvalue weighted by atomic mass is 79.9. The number of aldehydes is 1. The second kappa shape index (κ2) is 6.74. The Balaban J connectivity index is 2.92. The molecule has 1 unspecified atom stereocenters. The normalized spacial score (nSPS) is 12.4. The number of carbonyl (C=O) groups is 2. The SMILES string of the molecule is COc1cccc(C(C=O)NC(=O)OC(C)(C)C)c1Br. The molecule has 0 fully saturated rings. The average Bonchev–Trinajstić information content (AvgIpc) is 2.34. The number of rotatable bonds is 4. The van der Waals surface area contributed by atoms with E-state index in [4.69, 9.17) is 9.47 Å². The van der Waals surface area contributed by atoms with Crippen LogP contribution in [-0.2, 0) is 9.53 Å². The van der Waals surface area contributed by atoms with Crippen molar-refractivity contribution >= 4 is 28.3 Å². The summed E-state index contributed by atoms with van der Waals surface area (Å²) in [6.45, 7) is 5.26. The van der Waals surface area contributed by atoms with Crippen molar-refractivity contribution in [3.05, 3.63) is 28.2 Å². The number of benzene rings is 1. The second-order valence-electron chi connectivity index (χ2n) is 5.12. The number of carbonyl (C=O) groups excluding carboxylic acids is 2. The van der Waals surface area contributed by atoms with Gasteiger partial charge in [0, 0.05) is 0 Å². The van der Waals surface area contributed by atoms with Crippen LogP contribution in [0.1, 0.15) is 32.4 Å². The zero-order valence-electron chi connectivity index (χ0n) is 11.9. The summed E-state index contributed by atoms with van der Waals surface area (Å²) in [6, 6.07) is 4.41. The minimum Gasteiger partial charge on any atom is -0.496 e. The smallest absolute Gasteiger partial charge is 0.408 e. The Kier molecular flexibility index (Phi) is 5.56. The van der Waals surface area contributed by atoms with Crippen LogP contribution in [0.4, 0.5) is 4.79 Å². The summed E-state index contributed by atoms with van der Waals surface area (Å²) >= 11 is 3.36. The van der Waals surface area contributed by atoms with E-state index in [2.05, 4.69) is 21.2 Å². The minimum atomic E-state index is -0.811. The van der Waals surface area contributed by atoms with Gasteiger partial charge < -0.3 is 19.6 Å². The van der Waals surface area contributed by atoms with E-state index in [1.807, 2.05) is 0 Å². The number of alkyl carbamates (subject to hydrolysis) is 1. The van der Waals surface area contributed by atoms with Gasteiger partial charge in [-0.25, -0.2) is 4.79 Å². The van der Waals surface area contributed by atoms with Crippen LogP contribution >= 0.6 is 15.9 Å². The molecule has 1 aromatic rings. The Morgan fingerprint density at radius 1 is 1.40 bits per heavy atom. The number of methoxy groups -OCH3 is 1. The molecule has 5 nitrogen and oxygen atoms in total. The molecule has 0 aromatic heterocycles. The van der Waals surface area contributed by atoms with Crippen LogP contribution in [0, 0.1) is 0 Å². The molecule has 6 heteroatoms. The third-order valence-electron chi connectivity index (χ3n) is 2.36. The average molecular weight is 344 g/mol. The van der Waals surface area contributed by atoms with Crippen LogP contribution in [0.5, 0.6) is 5.75 Å². The van der Waals surface area contributed by atoms with Gasteiger partial charge in [-0.2, -0.15) is 0 Å². The summed E-state index contributed by atoms with van der Waals surface area (Å²) in [4.78, 5) is 23.0. The van der Waals surface area contributed by atoms with Gasteiger partial charge in [0.25, 0.3) is 0 Å². The zero-order valence-corrected chi connectivity index (χ0v) is 13.5. The molecule has 0 aliphatic rings. The van der Waals surface area contributed by atoms with Gasteiger partial charge >= 0.3 is 6.09 Å². The highest BCUT2D eigenvalue weighted by Crippen LogP contribution is 2.31. The summed E-state index contributed by atoms with van der Waals surface area (Å²) in [7, 11) is 1.53. The molecule has 0 aliphatic heterocycles. The van der Waals surface area contributed by atoms with Gasteiger partial charge in [-0.05, 0) is 48.3 Å². The maximum atomic E-state index is 11.7. The third-order valence-corrected chi connectivity index (χ3v) is 3.21. The fourth-order valence-electron chi connectivity index (χ4n) is 1.55. The number of halogens is 1. The second-order valence-corrected chi connectivity index (χ2v) is 5.92. The Hall–Kier alpha value is -1.56. The van der Waals surface area contributed by atoms with Gasteiger partial charge in [-0.1, -0.05) is 12.1 Å². The molecular formula is C14H18BrNO4. The minimum absolute atomic E-state index is 0.584. The van der Waals surface area contributed by atoms with E-state index in [0.29, 0.717) is 22.1 Å². The molecule has 1 N–H and O–H groups in total. The van der Waals surface area contributed by atoms with Crippen molar-refractivity contribution in [1.29, 1.82) is 0 Å². The summed E-state index contributed by atoms with van der Waals surface area (Å²) in [5.41, 5.74) is -0.0199. The van der Waals surface area contributed by atoms with Gasteiger partial charge in [0.2, 0.25) is 0 Å². The van der Waals surface area contributed by atoms with Gasteiger partial charge in [0.15, 0.2) is 0 Å². The van der Waals surface area contributed by atoms with Gasteiger partial charge in [0.1, 0.15) is 23.7 Å². The number of hydrogen-bond acceptors (Lipinski definition) is 4. The van der Waals surface area contributed by atoms with Crippen molar-refractivity contribution < 1.29 is 19.1 Å². The number of hydrogen-bond donors (Lipinski definition) is 1. The summed E-state index contributed by atoms with van der Waals surface area (Å²) in [5, 5.41) is 2.52. The molecule has 0 spiro atoms. The lowest BCUT2D eigenvalue weighted by Crippen LogP contribution is -2.35. The number of ether oxygens (including phenoxy) is 2. The van der Waals surface area contributed by atoms with Gasteiger partial charge in [0.05, 0.1) is 11.6 Å².